The summed E-state index contributed by atoms with van der Waals surface area (Å²) in [5.74, 6) is -0.209. The molecule has 0 saturated heterocycles. The number of rotatable bonds is 8. The zero-order chi connectivity index (χ0) is 16.5. The summed E-state index contributed by atoms with van der Waals surface area (Å²) in [4.78, 5) is 23.9. The lowest BCUT2D eigenvalue weighted by Crippen LogP contribution is -2.34. The van der Waals surface area contributed by atoms with Crippen molar-refractivity contribution in [3.05, 3.63) is 35.9 Å². The third kappa shape index (κ3) is 6.02. The number of nitrogens with one attached hydrogen (secondary N) is 2. The normalized spacial score (nSPS) is 16.0. The average Bonchev–Trinajstić information content (AvgIpc) is 3.06. The molecule has 1 fully saturated rings. The summed E-state index contributed by atoms with van der Waals surface area (Å²) < 4.78 is 0. The third-order valence-corrected chi connectivity index (χ3v) is 4.25. The van der Waals surface area contributed by atoms with Crippen molar-refractivity contribution in [2.45, 2.75) is 57.0 Å². The van der Waals surface area contributed by atoms with Crippen molar-refractivity contribution in [3.8, 4) is 0 Å². The Kier molecular flexibility index (Phi) is 7.07. The van der Waals surface area contributed by atoms with Crippen LogP contribution in [-0.2, 0) is 9.59 Å². The molecule has 1 aliphatic rings. The van der Waals surface area contributed by atoms with Crippen molar-refractivity contribution in [3.63, 3.8) is 0 Å². The van der Waals surface area contributed by atoms with Gasteiger partial charge in [-0.3, -0.25) is 9.59 Å². The topological polar surface area (TPSA) is 78.4 Å². The highest BCUT2D eigenvalue weighted by Crippen LogP contribution is 2.18. The first-order valence-corrected chi connectivity index (χ1v) is 8.43. The van der Waals surface area contributed by atoms with Gasteiger partial charge >= 0.3 is 0 Å². The Hall–Kier alpha value is -1.88. The lowest BCUT2D eigenvalue weighted by molar-refractivity contribution is -0.127. The van der Waals surface area contributed by atoms with Crippen LogP contribution in [0.15, 0.2) is 30.3 Å². The number of hydrogen-bond acceptors (Lipinski definition) is 3. The van der Waals surface area contributed by atoms with E-state index in [9.17, 15) is 14.7 Å². The fourth-order valence-electron chi connectivity index (χ4n) is 3.00. The van der Waals surface area contributed by atoms with Crippen LogP contribution >= 0.6 is 0 Å². The zero-order valence-electron chi connectivity index (χ0n) is 13.5. The number of aliphatic hydroxyl groups is 1. The molecule has 2 rings (SSSR count). The van der Waals surface area contributed by atoms with Gasteiger partial charge in [-0.2, -0.15) is 0 Å². The lowest BCUT2D eigenvalue weighted by Gasteiger charge is -2.18. The maximum absolute atomic E-state index is 12.1. The molecule has 1 unspecified atom stereocenters. The molecule has 1 aliphatic carbocycles. The predicted octanol–water partition coefficient (Wildman–Crippen LogP) is 2.07. The number of carbonyl (C=O) groups is 2. The van der Waals surface area contributed by atoms with E-state index in [0.29, 0.717) is 6.42 Å². The SMILES string of the molecule is O=C(CCC(=O)NC(CCO)c1ccccc1)NC1CCCC1. The molecule has 5 nitrogen and oxygen atoms in total. The van der Waals surface area contributed by atoms with E-state index in [1.165, 1.54) is 12.8 Å². The van der Waals surface area contributed by atoms with Gasteiger partial charge in [-0.15, -0.1) is 0 Å². The van der Waals surface area contributed by atoms with E-state index < -0.39 is 0 Å². The fourth-order valence-corrected chi connectivity index (χ4v) is 3.00. The minimum absolute atomic E-state index is 0.00199. The molecule has 0 heterocycles. The van der Waals surface area contributed by atoms with Crippen LogP contribution in [0.2, 0.25) is 0 Å². The van der Waals surface area contributed by atoms with Crippen molar-refractivity contribution in [2.75, 3.05) is 6.61 Å². The van der Waals surface area contributed by atoms with Crippen LogP contribution in [0.5, 0.6) is 0 Å². The Balaban J connectivity index is 1.76. The molecular formula is C18H26N2O3. The van der Waals surface area contributed by atoms with E-state index >= 15 is 0 Å². The van der Waals surface area contributed by atoms with Crippen molar-refractivity contribution in [2.24, 2.45) is 0 Å². The molecule has 1 aromatic carbocycles. The molecule has 2 amide bonds. The monoisotopic (exact) mass is 318 g/mol. The van der Waals surface area contributed by atoms with Crippen LogP contribution in [0, 0.1) is 0 Å². The second-order valence-electron chi connectivity index (χ2n) is 6.09. The maximum Gasteiger partial charge on any atom is 0.220 e. The first-order valence-electron chi connectivity index (χ1n) is 8.43. The van der Waals surface area contributed by atoms with E-state index in [4.69, 9.17) is 0 Å². The summed E-state index contributed by atoms with van der Waals surface area (Å²) in [6.45, 7) is 0.00199. The molecule has 126 valence electrons. The van der Waals surface area contributed by atoms with Gasteiger partial charge in [-0.05, 0) is 24.8 Å². The van der Waals surface area contributed by atoms with Crippen LogP contribution < -0.4 is 10.6 Å². The number of hydrogen-bond donors (Lipinski definition) is 3. The van der Waals surface area contributed by atoms with Crippen LogP contribution in [0.1, 0.15) is 56.6 Å². The van der Waals surface area contributed by atoms with Crippen molar-refractivity contribution >= 4 is 11.8 Å². The molecule has 1 aromatic rings. The van der Waals surface area contributed by atoms with Crippen molar-refractivity contribution < 1.29 is 14.7 Å². The first kappa shape index (κ1) is 17.5. The van der Waals surface area contributed by atoms with Gasteiger partial charge in [0, 0.05) is 25.5 Å². The van der Waals surface area contributed by atoms with Gasteiger partial charge in [0.1, 0.15) is 0 Å². The number of carbonyl (C=O) groups excluding carboxylic acids is 2. The standard InChI is InChI=1S/C18H26N2O3/c21-13-12-16(14-6-2-1-3-7-14)20-18(23)11-10-17(22)19-15-8-4-5-9-15/h1-3,6-7,15-16,21H,4-5,8-13H2,(H,19,22)(H,20,23). The Morgan fingerprint density at radius 3 is 2.39 bits per heavy atom. The molecule has 5 heteroatoms. The quantitative estimate of drug-likeness (QED) is 0.686. The second-order valence-corrected chi connectivity index (χ2v) is 6.09. The summed E-state index contributed by atoms with van der Waals surface area (Å²) in [6.07, 6.45) is 5.28. The summed E-state index contributed by atoms with van der Waals surface area (Å²) in [5, 5.41) is 15.1. The van der Waals surface area contributed by atoms with Gasteiger partial charge in [0.15, 0.2) is 0 Å². The predicted molar refractivity (Wildman–Crippen MR) is 88.7 cm³/mol. The minimum atomic E-state index is -0.216. The van der Waals surface area contributed by atoms with E-state index in [2.05, 4.69) is 10.6 Å². The highest BCUT2D eigenvalue weighted by molar-refractivity contribution is 5.84. The van der Waals surface area contributed by atoms with E-state index in [1.54, 1.807) is 0 Å². The molecular weight excluding hydrogens is 292 g/mol. The summed E-state index contributed by atoms with van der Waals surface area (Å²) in [6, 6.07) is 9.64. The smallest absolute Gasteiger partial charge is 0.220 e. The molecule has 0 spiro atoms. The van der Waals surface area contributed by atoms with Crippen molar-refractivity contribution in [1.29, 1.82) is 0 Å². The number of aliphatic hydroxyl groups excluding tert-OH is 1. The van der Waals surface area contributed by atoms with Gasteiger partial charge in [0.05, 0.1) is 6.04 Å². The molecule has 23 heavy (non-hydrogen) atoms. The first-order chi connectivity index (χ1) is 11.2. The highest BCUT2D eigenvalue weighted by atomic mass is 16.3. The van der Waals surface area contributed by atoms with Crippen LogP contribution in [-0.4, -0.2) is 29.6 Å². The lowest BCUT2D eigenvalue weighted by atomic mass is 10.0. The largest absolute Gasteiger partial charge is 0.396 e. The minimum Gasteiger partial charge on any atom is -0.396 e. The summed E-state index contributed by atoms with van der Waals surface area (Å²) in [7, 11) is 0. The maximum atomic E-state index is 12.1. The Labute approximate surface area is 137 Å². The molecule has 0 aliphatic heterocycles. The molecule has 1 atom stereocenters. The zero-order valence-corrected chi connectivity index (χ0v) is 13.5. The van der Waals surface area contributed by atoms with Gasteiger partial charge in [-0.25, -0.2) is 0 Å². The Bertz CT molecular complexity index is 498. The summed E-state index contributed by atoms with van der Waals surface area (Å²) in [5.41, 5.74) is 0.963. The number of benzene rings is 1. The number of amides is 2. The van der Waals surface area contributed by atoms with Gasteiger partial charge < -0.3 is 15.7 Å². The Morgan fingerprint density at radius 1 is 1.09 bits per heavy atom. The van der Waals surface area contributed by atoms with E-state index in [0.717, 1.165) is 18.4 Å². The van der Waals surface area contributed by atoms with E-state index in [1.807, 2.05) is 30.3 Å². The van der Waals surface area contributed by atoms with Gasteiger partial charge in [-0.1, -0.05) is 43.2 Å². The van der Waals surface area contributed by atoms with Gasteiger partial charge in [0.2, 0.25) is 11.8 Å². The fraction of sp³-hybridized carbons (Fsp3) is 0.556. The molecule has 0 aromatic heterocycles. The molecule has 3 N–H and O–H groups in total. The molecule has 1 saturated carbocycles. The Morgan fingerprint density at radius 2 is 1.74 bits per heavy atom. The molecule has 0 radical (unpaired) electrons. The third-order valence-electron chi connectivity index (χ3n) is 4.25. The second kappa shape index (κ2) is 9.30. The summed E-state index contributed by atoms with van der Waals surface area (Å²) >= 11 is 0. The van der Waals surface area contributed by atoms with Crippen LogP contribution in [0.4, 0.5) is 0 Å². The van der Waals surface area contributed by atoms with Crippen LogP contribution in [0.3, 0.4) is 0 Å². The average molecular weight is 318 g/mol. The highest BCUT2D eigenvalue weighted by Gasteiger charge is 2.18. The molecule has 0 bridgehead atoms. The van der Waals surface area contributed by atoms with Gasteiger partial charge in [0.25, 0.3) is 0 Å². The van der Waals surface area contributed by atoms with Crippen molar-refractivity contribution in [1.82, 2.24) is 10.6 Å². The van der Waals surface area contributed by atoms with Crippen LogP contribution in [0.25, 0.3) is 0 Å². The van der Waals surface area contributed by atoms with E-state index in [-0.39, 0.29) is 43.3 Å².